The van der Waals surface area contributed by atoms with Crippen molar-refractivity contribution in [1.82, 2.24) is 9.55 Å². The summed E-state index contributed by atoms with van der Waals surface area (Å²) < 4.78 is 6.85. The van der Waals surface area contributed by atoms with Crippen LogP contribution in [0.25, 0.3) is 10.9 Å². The van der Waals surface area contributed by atoms with Gasteiger partial charge in [0.05, 0.1) is 28.8 Å². The molecular formula is C20H17ClN2O3S. The van der Waals surface area contributed by atoms with E-state index in [1.165, 1.54) is 18.9 Å². The minimum absolute atomic E-state index is 0.0365. The molecular weight excluding hydrogens is 384 g/mol. The molecule has 5 nitrogen and oxygen atoms in total. The van der Waals surface area contributed by atoms with Gasteiger partial charge >= 0.3 is 0 Å². The van der Waals surface area contributed by atoms with E-state index in [0.717, 1.165) is 12.8 Å². The fraction of sp³-hybridized carbons (Fsp3) is 0.250. The molecule has 4 rings (SSSR count). The number of nitrogens with zero attached hydrogens (tertiary/aromatic N) is 2. The number of carbonyl (C=O) groups excluding carboxylic acids is 1. The number of methoxy groups -OCH3 is 1. The molecule has 1 saturated carbocycles. The number of carbonyl (C=O) groups is 1. The van der Waals surface area contributed by atoms with E-state index >= 15 is 0 Å². The SMILES string of the molecule is COc1ccc(C(=O)CSc2nc3ccccc3c(=O)n2C2CC2)cc1Cl. The van der Waals surface area contributed by atoms with Gasteiger partial charge in [0.25, 0.3) is 5.56 Å². The van der Waals surface area contributed by atoms with Crippen LogP contribution in [-0.4, -0.2) is 28.2 Å². The number of Topliss-reactive ketones (excluding diaryl/α,β-unsaturated/α-hetero) is 1. The summed E-state index contributed by atoms with van der Waals surface area (Å²) in [6.07, 6.45) is 1.94. The first-order chi connectivity index (χ1) is 13.1. The van der Waals surface area contributed by atoms with Gasteiger partial charge in [-0.1, -0.05) is 35.5 Å². The Kier molecular flexibility index (Phi) is 4.93. The van der Waals surface area contributed by atoms with Crippen LogP contribution >= 0.6 is 23.4 Å². The van der Waals surface area contributed by atoms with Crippen LogP contribution in [0.15, 0.2) is 52.4 Å². The van der Waals surface area contributed by atoms with Gasteiger partial charge in [-0.05, 0) is 43.2 Å². The van der Waals surface area contributed by atoms with E-state index in [2.05, 4.69) is 4.98 Å². The Morgan fingerprint density at radius 3 is 2.78 bits per heavy atom. The highest BCUT2D eigenvalue weighted by Crippen LogP contribution is 2.37. The van der Waals surface area contributed by atoms with E-state index in [1.807, 2.05) is 18.2 Å². The first-order valence-electron chi connectivity index (χ1n) is 8.59. The average molecular weight is 401 g/mol. The Morgan fingerprint density at radius 1 is 1.30 bits per heavy atom. The number of fused-ring (bicyclic) bond motifs is 1. The first-order valence-corrected chi connectivity index (χ1v) is 9.95. The van der Waals surface area contributed by atoms with Crippen LogP contribution < -0.4 is 10.3 Å². The van der Waals surface area contributed by atoms with Crippen LogP contribution in [0.4, 0.5) is 0 Å². The van der Waals surface area contributed by atoms with Crippen molar-refractivity contribution in [2.45, 2.75) is 24.0 Å². The second kappa shape index (κ2) is 7.37. The summed E-state index contributed by atoms with van der Waals surface area (Å²) in [5.74, 6) is 0.633. The molecule has 0 atom stereocenters. The lowest BCUT2D eigenvalue weighted by atomic mass is 10.1. The van der Waals surface area contributed by atoms with Crippen LogP contribution in [0.5, 0.6) is 5.75 Å². The predicted molar refractivity (Wildman–Crippen MR) is 107 cm³/mol. The Hall–Kier alpha value is -2.31. The van der Waals surface area contributed by atoms with Crippen molar-refractivity contribution >= 4 is 40.0 Å². The number of halogens is 1. The Labute approximate surface area is 165 Å². The number of thioether (sulfide) groups is 1. The van der Waals surface area contributed by atoms with E-state index in [0.29, 0.717) is 32.4 Å². The molecule has 1 fully saturated rings. The zero-order valence-electron chi connectivity index (χ0n) is 14.6. The highest BCUT2D eigenvalue weighted by atomic mass is 35.5. The smallest absolute Gasteiger partial charge is 0.262 e. The Morgan fingerprint density at radius 2 is 2.07 bits per heavy atom. The molecule has 138 valence electrons. The topological polar surface area (TPSA) is 61.2 Å². The third kappa shape index (κ3) is 3.59. The van der Waals surface area contributed by atoms with Gasteiger partial charge in [-0.25, -0.2) is 4.98 Å². The third-order valence-corrected chi connectivity index (χ3v) is 5.74. The van der Waals surface area contributed by atoms with Crippen molar-refractivity contribution in [2.24, 2.45) is 0 Å². The molecule has 1 aliphatic carbocycles. The summed E-state index contributed by atoms with van der Waals surface area (Å²) in [5.41, 5.74) is 1.13. The zero-order chi connectivity index (χ0) is 19.0. The summed E-state index contributed by atoms with van der Waals surface area (Å²) in [6.45, 7) is 0. The van der Waals surface area contributed by atoms with Gasteiger partial charge in [0.2, 0.25) is 0 Å². The molecule has 0 unspecified atom stereocenters. The minimum Gasteiger partial charge on any atom is -0.495 e. The van der Waals surface area contributed by atoms with Crippen molar-refractivity contribution in [2.75, 3.05) is 12.9 Å². The van der Waals surface area contributed by atoms with E-state index in [4.69, 9.17) is 16.3 Å². The number of hydrogen-bond acceptors (Lipinski definition) is 5. The second-order valence-corrected chi connectivity index (χ2v) is 7.73. The van der Waals surface area contributed by atoms with Gasteiger partial charge in [0.1, 0.15) is 5.75 Å². The zero-order valence-corrected chi connectivity index (χ0v) is 16.2. The van der Waals surface area contributed by atoms with Crippen molar-refractivity contribution in [3.05, 3.63) is 63.4 Å². The second-order valence-electron chi connectivity index (χ2n) is 6.38. The van der Waals surface area contributed by atoms with Gasteiger partial charge in [-0.3, -0.25) is 14.2 Å². The molecule has 1 aromatic heterocycles. The maximum absolute atomic E-state index is 12.9. The molecule has 0 amide bonds. The van der Waals surface area contributed by atoms with Gasteiger partial charge in [0.15, 0.2) is 10.9 Å². The highest BCUT2D eigenvalue weighted by Gasteiger charge is 2.28. The van der Waals surface area contributed by atoms with Crippen LogP contribution in [0, 0.1) is 0 Å². The molecule has 0 bridgehead atoms. The number of ether oxygens (including phenoxy) is 1. The number of hydrogen-bond donors (Lipinski definition) is 0. The van der Waals surface area contributed by atoms with Crippen molar-refractivity contribution in [1.29, 1.82) is 0 Å². The molecule has 2 aromatic carbocycles. The summed E-state index contributed by atoms with van der Waals surface area (Å²) in [7, 11) is 1.53. The van der Waals surface area contributed by atoms with Gasteiger partial charge < -0.3 is 4.74 Å². The normalized spacial score (nSPS) is 13.7. The van der Waals surface area contributed by atoms with Gasteiger partial charge in [-0.15, -0.1) is 0 Å². The molecule has 7 heteroatoms. The van der Waals surface area contributed by atoms with Crippen molar-refractivity contribution in [3.63, 3.8) is 0 Å². The number of aromatic nitrogens is 2. The molecule has 0 N–H and O–H groups in total. The third-order valence-electron chi connectivity index (χ3n) is 4.49. The number of ketones is 1. The van der Waals surface area contributed by atoms with Crippen LogP contribution in [-0.2, 0) is 0 Å². The highest BCUT2D eigenvalue weighted by molar-refractivity contribution is 7.99. The standard InChI is InChI=1S/C20H17ClN2O3S/c1-26-18-9-6-12(10-15(18)21)17(24)11-27-20-22-16-5-3-2-4-14(16)19(25)23(20)13-7-8-13/h2-6,9-10,13H,7-8,11H2,1H3. The van der Waals surface area contributed by atoms with Gasteiger partial charge in [-0.2, -0.15) is 0 Å². The maximum Gasteiger partial charge on any atom is 0.262 e. The minimum atomic E-state index is -0.0747. The predicted octanol–water partition coefficient (Wildman–Crippen LogP) is 4.37. The van der Waals surface area contributed by atoms with E-state index in [1.54, 1.807) is 28.8 Å². The summed E-state index contributed by atoms with van der Waals surface area (Å²) in [5, 5.41) is 1.60. The fourth-order valence-electron chi connectivity index (χ4n) is 2.94. The van der Waals surface area contributed by atoms with Crippen LogP contribution in [0.1, 0.15) is 29.2 Å². The molecule has 1 aliphatic rings. The Bertz CT molecular complexity index is 1090. The summed E-state index contributed by atoms with van der Waals surface area (Å²) in [6, 6.07) is 12.5. The molecule has 0 saturated heterocycles. The van der Waals surface area contributed by atoms with E-state index in [-0.39, 0.29) is 23.1 Å². The van der Waals surface area contributed by atoms with Crippen molar-refractivity contribution in [3.8, 4) is 5.75 Å². The van der Waals surface area contributed by atoms with E-state index in [9.17, 15) is 9.59 Å². The molecule has 1 heterocycles. The molecule has 3 aromatic rings. The summed E-state index contributed by atoms with van der Waals surface area (Å²) >= 11 is 7.40. The first kappa shape index (κ1) is 18.1. The average Bonchev–Trinajstić information content (AvgIpc) is 3.51. The maximum atomic E-state index is 12.9. The monoisotopic (exact) mass is 400 g/mol. The number of para-hydroxylation sites is 1. The lowest BCUT2D eigenvalue weighted by Crippen LogP contribution is -2.22. The molecule has 0 spiro atoms. The fourth-order valence-corrected chi connectivity index (χ4v) is 4.15. The number of benzene rings is 2. The van der Waals surface area contributed by atoms with Crippen molar-refractivity contribution < 1.29 is 9.53 Å². The molecule has 27 heavy (non-hydrogen) atoms. The largest absolute Gasteiger partial charge is 0.495 e. The van der Waals surface area contributed by atoms with Crippen LogP contribution in [0.3, 0.4) is 0 Å². The van der Waals surface area contributed by atoms with Gasteiger partial charge in [0, 0.05) is 11.6 Å². The van der Waals surface area contributed by atoms with Crippen LogP contribution in [0.2, 0.25) is 5.02 Å². The lowest BCUT2D eigenvalue weighted by molar-refractivity contribution is 0.102. The lowest BCUT2D eigenvalue weighted by Gasteiger charge is -2.12. The number of rotatable bonds is 6. The Balaban J connectivity index is 1.62. The van der Waals surface area contributed by atoms with E-state index < -0.39 is 0 Å². The molecule has 0 aliphatic heterocycles. The quantitative estimate of drug-likeness (QED) is 0.349. The summed E-state index contributed by atoms with van der Waals surface area (Å²) in [4.78, 5) is 30.1. The molecule has 0 radical (unpaired) electrons.